The third kappa shape index (κ3) is 2.69. The molecule has 1 unspecified atom stereocenters. The van der Waals surface area contributed by atoms with Gasteiger partial charge in [0.15, 0.2) is 6.10 Å². The number of hydrogen-bond acceptors (Lipinski definition) is 5. The van der Waals surface area contributed by atoms with Crippen LogP contribution in [0.25, 0.3) is 17.0 Å². The third-order valence-electron chi connectivity index (χ3n) is 6.35. The number of aromatic nitrogens is 1. The lowest BCUT2D eigenvalue weighted by molar-refractivity contribution is -0.152. The Hall–Kier alpha value is -3.06. The summed E-state index contributed by atoms with van der Waals surface area (Å²) in [4.78, 5) is 31.2. The van der Waals surface area contributed by atoms with Crippen molar-refractivity contribution in [3.05, 3.63) is 57.1 Å². The summed E-state index contributed by atoms with van der Waals surface area (Å²) in [6.45, 7) is 1.95. The number of pyridine rings is 1. The standard InChI is InChI=1S/C23H21FN2O4/c1-11-12-4-3-5-13-15-9-26(2)22(28)16-10-30-23(29)21(27)14(16)6-7-18(15)25-19(20(12)13)8-17(11)24/h6-8,21,27H,3-5,9-10H2,1-2H3. The molecule has 1 N–H and O–H groups in total. The summed E-state index contributed by atoms with van der Waals surface area (Å²) >= 11 is 0. The topological polar surface area (TPSA) is 79.7 Å². The first kappa shape index (κ1) is 18.9. The third-order valence-corrected chi connectivity index (χ3v) is 6.35. The molecule has 3 aliphatic rings. The predicted octanol–water partition coefficient (Wildman–Crippen LogP) is 2.37. The van der Waals surface area contributed by atoms with Crippen molar-refractivity contribution in [1.82, 2.24) is 9.88 Å². The number of carbonyl (C=O) groups excluding carboxylic acids is 2. The van der Waals surface area contributed by atoms with Crippen LogP contribution < -0.4 is 0 Å². The maximum atomic E-state index is 14.5. The Kier molecular flexibility index (Phi) is 4.25. The second-order valence-corrected chi connectivity index (χ2v) is 8.10. The van der Waals surface area contributed by atoms with Gasteiger partial charge in [0.25, 0.3) is 5.91 Å². The minimum Gasteiger partial charge on any atom is -0.458 e. The van der Waals surface area contributed by atoms with Crippen molar-refractivity contribution in [2.75, 3.05) is 13.7 Å². The molecule has 2 aromatic rings. The summed E-state index contributed by atoms with van der Waals surface area (Å²) in [5.41, 5.74) is 5.36. The zero-order chi connectivity index (χ0) is 21.2. The number of halogens is 1. The number of fused-ring (bicyclic) bond motifs is 2. The Morgan fingerprint density at radius 2 is 1.97 bits per heavy atom. The first-order chi connectivity index (χ1) is 14.4. The number of ether oxygens (including phenoxy) is 1. The number of aryl methyl sites for hydroxylation is 2. The molecule has 5 rings (SSSR count). The van der Waals surface area contributed by atoms with Crippen LogP contribution in [0.4, 0.5) is 4.39 Å². The van der Waals surface area contributed by atoms with Gasteiger partial charge >= 0.3 is 5.97 Å². The van der Waals surface area contributed by atoms with Crippen LogP contribution in [0.15, 0.2) is 23.3 Å². The summed E-state index contributed by atoms with van der Waals surface area (Å²) in [6.07, 6.45) is 4.29. The van der Waals surface area contributed by atoms with E-state index >= 15 is 0 Å². The van der Waals surface area contributed by atoms with Gasteiger partial charge in [-0.15, -0.1) is 0 Å². The molecule has 3 heterocycles. The zero-order valence-corrected chi connectivity index (χ0v) is 16.8. The number of nitrogens with zero attached hydrogens (tertiary/aromatic N) is 2. The van der Waals surface area contributed by atoms with Crippen molar-refractivity contribution in [1.29, 1.82) is 0 Å². The number of aliphatic hydroxyl groups is 1. The lowest BCUT2D eigenvalue weighted by atomic mass is 9.84. The second-order valence-electron chi connectivity index (χ2n) is 8.10. The van der Waals surface area contributed by atoms with Crippen molar-refractivity contribution in [2.45, 2.75) is 38.8 Å². The summed E-state index contributed by atoms with van der Waals surface area (Å²) in [5, 5.41) is 11.3. The molecule has 1 aromatic heterocycles. The van der Waals surface area contributed by atoms with Crippen LogP contribution in [-0.2, 0) is 33.7 Å². The normalized spacial score (nSPS) is 21.1. The average molecular weight is 408 g/mol. The van der Waals surface area contributed by atoms with E-state index in [4.69, 9.17) is 9.72 Å². The highest BCUT2D eigenvalue weighted by Crippen LogP contribution is 2.37. The first-order valence-electron chi connectivity index (χ1n) is 10.0. The number of carbonyl (C=O) groups is 2. The second kappa shape index (κ2) is 6.74. The molecule has 1 amide bonds. The van der Waals surface area contributed by atoms with Crippen molar-refractivity contribution in [2.24, 2.45) is 0 Å². The number of rotatable bonds is 0. The van der Waals surface area contributed by atoms with Gasteiger partial charge in [0.1, 0.15) is 12.4 Å². The molecule has 154 valence electrons. The van der Waals surface area contributed by atoms with Crippen LogP contribution in [0.2, 0.25) is 0 Å². The minimum absolute atomic E-state index is 0.175. The number of likely N-dealkylation sites (N-methyl/N-ethyl adjacent to an activating group) is 1. The number of amides is 1. The van der Waals surface area contributed by atoms with E-state index in [1.807, 2.05) is 0 Å². The highest BCUT2D eigenvalue weighted by atomic mass is 19.1. The molecule has 30 heavy (non-hydrogen) atoms. The highest BCUT2D eigenvalue weighted by molar-refractivity contribution is 5.99. The molecule has 0 spiro atoms. The van der Waals surface area contributed by atoms with Gasteiger partial charge in [-0.1, -0.05) is 6.08 Å². The quantitative estimate of drug-likeness (QED) is 0.677. The van der Waals surface area contributed by atoms with Gasteiger partial charge in [0.2, 0.25) is 0 Å². The summed E-state index contributed by atoms with van der Waals surface area (Å²) < 4.78 is 19.5. The van der Waals surface area contributed by atoms with Crippen LogP contribution >= 0.6 is 0 Å². The molecule has 1 aliphatic carbocycles. The van der Waals surface area contributed by atoms with Gasteiger partial charge in [-0.25, -0.2) is 14.2 Å². The predicted molar refractivity (Wildman–Crippen MR) is 108 cm³/mol. The molecule has 6 nitrogen and oxygen atoms in total. The van der Waals surface area contributed by atoms with E-state index in [0.717, 1.165) is 41.3 Å². The van der Waals surface area contributed by atoms with Crippen LogP contribution in [0.5, 0.6) is 0 Å². The van der Waals surface area contributed by atoms with E-state index in [2.05, 4.69) is 0 Å². The van der Waals surface area contributed by atoms with Crippen LogP contribution in [0.1, 0.15) is 34.4 Å². The Bertz CT molecular complexity index is 1200. The van der Waals surface area contributed by atoms with Gasteiger partial charge < -0.3 is 14.7 Å². The largest absolute Gasteiger partial charge is 0.458 e. The molecule has 0 saturated heterocycles. The molecule has 0 radical (unpaired) electrons. The number of esters is 1. The molecule has 2 aliphatic heterocycles. The Balaban J connectivity index is 1.78. The minimum atomic E-state index is -1.52. The first-order valence-corrected chi connectivity index (χ1v) is 10.0. The summed E-state index contributed by atoms with van der Waals surface area (Å²) in [6, 6.07) is 1.47. The average Bonchev–Trinajstić information content (AvgIpc) is 2.78. The molecule has 0 bridgehead atoms. The maximum absolute atomic E-state index is 14.5. The van der Waals surface area contributed by atoms with Crippen LogP contribution in [0, 0.1) is 12.7 Å². The molecule has 0 saturated carbocycles. The Morgan fingerprint density at radius 3 is 2.77 bits per heavy atom. The van der Waals surface area contributed by atoms with Crippen molar-refractivity contribution >= 4 is 28.9 Å². The monoisotopic (exact) mass is 408 g/mol. The molecular formula is C23H21FN2O4. The lowest BCUT2D eigenvalue weighted by Gasteiger charge is -2.27. The zero-order valence-electron chi connectivity index (χ0n) is 16.8. The van der Waals surface area contributed by atoms with E-state index < -0.39 is 12.1 Å². The van der Waals surface area contributed by atoms with Gasteiger partial charge in [-0.2, -0.15) is 0 Å². The molecule has 1 aromatic carbocycles. The van der Waals surface area contributed by atoms with E-state index in [-0.39, 0.29) is 29.5 Å². The molecule has 1 atom stereocenters. The van der Waals surface area contributed by atoms with E-state index in [1.54, 1.807) is 31.0 Å². The van der Waals surface area contributed by atoms with Crippen molar-refractivity contribution in [3.8, 4) is 0 Å². The van der Waals surface area contributed by atoms with Crippen LogP contribution in [-0.4, -0.2) is 46.6 Å². The van der Waals surface area contributed by atoms with Gasteiger partial charge in [-0.3, -0.25) is 4.79 Å². The molecule has 7 heteroatoms. The van der Waals surface area contributed by atoms with Crippen LogP contribution in [0.3, 0.4) is 0 Å². The Morgan fingerprint density at radius 1 is 1.20 bits per heavy atom. The number of hydrogen-bond donors (Lipinski definition) is 1. The number of benzene rings is 1. The number of aliphatic hydroxyl groups excluding tert-OH is 1. The number of cyclic esters (lactones) is 1. The fourth-order valence-electron chi connectivity index (χ4n) is 4.74. The van der Waals surface area contributed by atoms with E-state index in [1.165, 1.54) is 6.07 Å². The smallest absolute Gasteiger partial charge is 0.340 e. The fourth-order valence-corrected chi connectivity index (χ4v) is 4.74. The molecule has 0 fully saturated rings. The van der Waals surface area contributed by atoms with Gasteiger partial charge in [0.05, 0.1) is 16.8 Å². The van der Waals surface area contributed by atoms with Crippen molar-refractivity contribution in [3.63, 3.8) is 0 Å². The SMILES string of the molecule is Cc1c(F)cc2nc3c(c4c2c1CCC4)CN(C)C(=O)C1=C(C=C3)C(O)C(=O)OC1. The summed E-state index contributed by atoms with van der Waals surface area (Å²) in [5.74, 6) is -1.35. The lowest BCUT2D eigenvalue weighted by Crippen LogP contribution is -2.38. The highest BCUT2D eigenvalue weighted by Gasteiger charge is 2.34. The summed E-state index contributed by atoms with van der Waals surface area (Å²) in [7, 11) is 1.68. The van der Waals surface area contributed by atoms with Crippen molar-refractivity contribution < 1.29 is 23.8 Å². The van der Waals surface area contributed by atoms with Gasteiger partial charge in [0, 0.05) is 36.2 Å². The van der Waals surface area contributed by atoms with E-state index in [9.17, 15) is 19.1 Å². The maximum Gasteiger partial charge on any atom is 0.340 e. The Labute approximate surface area is 172 Å². The van der Waals surface area contributed by atoms with E-state index in [0.29, 0.717) is 23.3 Å². The van der Waals surface area contributed by atoms with Gasteiger partial charge in [-0.05, 0) is 49.0 Å². The fraction of sp³-hybridized carbons (Fsp3) is 0.348. The molecular weight excluding hydrogens is 387 g/mol.